The lowest BCUT2D eigenvalue weighted by atomic mass is 9.48. The first-order chi connectivity index (χ1) is 12.0. The molecule has 2 amide bonds. The van der Waals surface area contributed by atoms with E-state index in [9.17, 15) is 22.8 Å². The van der Waals surface area contributed by atoms with Gasteiger partial charge in [-0.15, -0.1) is 0 Å². The molecule has 0 aromatic carbocycles. The molecule has 0 aromatic rings. The molecule has 4 aliphatic carbocycles. The second-order valence-electron chi connectivity index (χ2n) is 9.15. The summed E-state index contributed by atoms with van der Waals surface area (Å²) in [5.41, 5.74) is 0.0198. The number of carbonyl (C=O) groups is 2. The van der Waals surface area contributed by atoms with Gasteiger partial charge in [-0.1, -0.05) is 15.9 Å². The number of hydrogen-bond donors (Lipinski definition) is 1. The predicted molar refractivity (Wildman–Crippen MR) is 92.6 cm³/mol. The Bertz CT molecular complexity index is 610. The topological polar surface area (TPSA) is 49.4 Å². The highest BCUT2D eigenvalue weighted by Gasteiger charge is 2.57. The lowest BCUT2D eigenvalue weighted by Crippen LogP contribution is -2.54. The maximum Gasteiger partial charge on any atom is 0.406 e. The molecule has 146 valence electrons. The highest BCUT2D eigenvalue weighted by atomic mass is 79.9. The standard InChI is InChI=1S/C18H24BrF3N2O2/c19-17-5-11-1-12(6-17)4-16(3-11,9-17)7-14(25)23-13-2-15(26)24(8-13)10-18(20,21)22/h11-13H,1-10H2,(H,23,25). The Kier molecular flexibility index (Phi) is 4.36. The molecule has 1 saturated heterocycles. The van der Waals surface area contributed by atoms with Crippen LogP contribution in [0.2, 0.25) is 0 Å². The first-order valence-corrected chi connectivity index (χ1v) is 10.2. The monoisotopic (exact) mass is 436 g/mol. The van der Waals surface area contributed by atoms with Crippen molar-refractivity contribution < 1.29 is 22.8 Å². The molecule has 4 bridgehead atoms. The number of amides is 2. The molecule has 1 aliphatic heterocycles. The van der Waals surface area contributed by atoms with E-state index in [-0.39, 0.29) is 28.6 Å². The summed E-state index contributed by atoms with van der Waals surface area (Å²) in [5.74, 6) is 0.703. The van der Waals surface area contributed by atoms with Crippen LogP contribution >= 0.6 is 15.9 Å². The average molecular weight is 437 g/mol. The molecule has 0 radical (unpaired) electrons. The fourth-order valence-electron chi connectivity index (χ4n) is 6.40. The number of alkyl halides is 4. The minimum absolute atomic E-state index is 0.0198. The molecule has 8 heteroatoms. The van der Waals surface area contributed by atoms with Crippen molar-refractivity contribution in [3.05, 3.63) is 0 Å². The molecule has 1 N–H and O–H groups in total. The highest BCUT2D eigenvalue weighted by Crippen LogP contribution is 2.65. The molecule has 5 rings (SSSR count). The lowest BCUT2D eigenvalue weighted by molar-refractivity contribution is -0.157. The van der Waals surface area contributed by atoms with Crippen LogP contribution in [0.4, 0.5) is 13.2 Å². The van der Waals surface area contributed by atoms with Crippen LogP contribution in [-0.2, 0) is 9.59 Å². The predicted octanol–water partition coefficient (Wildman–Crippen LogP) is 3.39. The van der Waals surface area contributed by atoms with E-state index in [1.165, 1.54) is 19.3 Å². The Hall–Kier alpha value is -0.790. The first-order valence-electron chi connectivity index (χ1n) is 9.36. The minimum Gasteiger partial charge on any atom is -0.351 e. The number of rotatable bonds is 4. The van der Waals surface area contributed by atoms with Crippen LogP contribution in [-0.4, -0.2) is 46.3 Å². The van der Waals surface area contributed by atoms with E-state index in [1.54, 1.807) is 0 Å². The van der Waals surface area contributed by atoms with Crippen LogP contribution in [0.25, 0.3) is 0 Å². The Morgan fingerprint density at radius 2 is 1.88 bits per heavy atom. The Labute approximate surface area is 159 Å². The zero-order chi connectivity index (χ0) is 18.7. The summed E-state index contributed by atoms with van der Waals surface area (Å²) in [4.78, 5) is 25.2. The van der Waals surface area contributed by atoms with Gasteiger partial charge in [0.1, 0.15) is 6.54 Å². The van der Waals surface area contributed by atoms with Crippen molar-refractivity contribution in [3.63, 3.8) is 0 Å². The second-order valence-corrected chi connectivity index (χ2v) is 10.8. The van der Waals surface area contributed by atoms with E-state index < -0.39 is 24.7 Å². The van der Waals surface area contributed by atoms with Gasteiger partial charge >= 0.3 is 6.18 Å². The SMILES string of the molecule is O=C(CC12CC3CC(CC(Br)(C3)C1)C2)NC1CC(=O)N(CC(F)(F)F)C1. The molecule has 5 fully saturated rings. The first kappa shape index (κ1) is 18.6. The zero-order valence-electron chi connectivity index (χ0n) is 14.6. The van der Waals surface area contributed by atoms with E-state index in [0.29, 0.717) is 18.3 Å². The van der Waals surface area contributed by atoms with Crippen LogP contribution < -0.4 is 5.32 Å². The van der Waals surface area contributed by atoms with Gasteiger partial charge in [0.2, 0.25) is 11.8 Å². The van der Waals surface area contributed by atoms with Gasteiger partial charge < -0.3 is 10.2 Å². The number of hydrogen-bond acceptors (Lipinski definition) is 2. The summed E-state index contributed by atoms with van der Waals surface area (Å²) < 4.78 is 37.7. The van der Waals surface area contributed by atoms with Crippen molar-refractivity contribution in [3.8, 4) is 0 Å². The van der Waals surface area contributed by atoms with Gasteiger partial charge in [-0.2, -0.15) is 13.2 Å². The van der Waals surface area contributed by atoms with E-state index >= 15 is 0 Å². The maximum absolute atomic E-state index is 12.6. The van der Waals surface area contributed by atoms with Crippen molar-refractivity contribution in [2.45, 2.75) is 67.9 Å². The summed E-state index contributed by atoms with van der Waals surface area (Å²) in [6.45, 7) is -1.29. The number of nitrogens with one attached hydrogen (secondary N) is 1. The summed E-state index contributed by atoms with van der Waals surface area (Å²) in [7, 11) is 0. The zero-order valence-corrected chi connectivity index (χ0v) is 16.2. The van der Waals surface area contributed by atoms with Crippen LogP contribution in [0.5, 0.6) is 0 Å². The van der Waals surface area contributed by atoms with E-state index in [0.717, 1.165) is 24.2 Å². The van der Waals surface area contributed by atoms with Gasteiger partial charge in [-0.25, -0.2) is 0 Å². The number of likely N-dealkylation sites (tertiary alicyclic amines) is 1. The van der Waals surface area contributed by atoms with Crippen molar-refractivity contribution in [1.29, 1.82) is 0 Å². The number of nitrogens with zero attached hydrogens (tertiary/aromatic N) is 1. The van der Waals surface area contributed by atoms with Crippen LogP contribution in [0.1, 0.15) is 51.4 Å². The third kappa shape index (κ3) is 3.76. The fraction of sp³-hybridized carbons (Fsp3) is 0.889. The molecular formula is C18H24BrF3N2O2. The van der Waals surface area contributed by atoms with Gasteiger partial charge in [0.15, 0.2) is 0 Å². The van der Waals surface area contributed by atoms with E-state index in [4.69, 9.17) is 0 Å². The molecule has 3 atom stereocenters. The third-order valence-corrected chi connectivity index (χ3v) is 7.52. The van der Waals surface area contributed by atoms with Crippen LogP contribution in [0, 0.1) is 17.3 Å². The third-order valence-electron chi connectivity index (χ3n) is 6.60. The summed E-state index contributed by atoms with van der Waals surface area (Å²) in [6, 6.07) is -0.510. The Morgan fingerprint density at radius 3 is 2.46 bits per heavy atom. The number of halogens is 4. The number of carbonyl (C=O) groups excluding carboxylic acids is 2. The molecule has 0 aromatic heterocycles. The Morgan fingerprint density at radius 1 is 1.23 bits per heavy atom. The van der Waals surface area contributed by atoms with E-state index in [1.807, 2.05) is 0 Å². The summed E-state index contributed by atoms with van der Waals surface area (Å²) >= 11 is 3.92. The normalized spacial score (nSPS) is 41.8. The molecular weight excluding hydrogens is 413 g/mol. The van der Waals surface area contributed by atoms with Gasteiger partial charge in [0.05, 0.1) is 6.04 Å². The van der Waals surface area contributed by atoms with Gasteiger partial charge in [-0.3, -0.25) is 9.59 Å². The molecule has 26 heavy (non-hydrogen) atoms. The molecule has 1 heterocycles. The largest absolute Gasteiger partial charge is 0.406 e. The smallest absolute Gasteiger partial charge is 0.351 e. The minimum atomic E-state index is -4.40. The van der Waals surface area contributed by atoms with Gasteiger partial charge in [-0.05, 0) is 55.8 Å². The van der Waals surface area contributed by atoms with Gasteiger partial charge in [0, 0.05) is 23.7 Å². The van der Waals surface area contributed by atoms with Crippen LogP contribution in [0.15, 0.2) is 0 Å². The summed E-state index contributed by atoms with van der Waals surface area (Å²) in [5, 5.41) is 2.83. The van der Waals surface area contributed by atoms with Crippen molar-refractivity contribution >= 4 is 27.7 Å². The Balaban J connectivity index is 1.34. The molecule has 3 unspecified atom stereocenters. The molecule has 4 saturated carbocycles. The van der Waals surface area contributed by atoms with Crippen molar-refractivity contribution in [2.75, 3.05) is 13.1 Å². The fourth-order valence-corrected chi connectivity index (χ4v) is 7.91. The molecule has 4 nitrogen and oxygen atoms in total. The molecule has 5 aliphatic rings. The van der Waals surface area contributed by atoms with Gasteiger partial charge in [0.25, 0.3) is 0 Å². The second kappa shape index (κ2) is 6.11. The average Bonchev–Trinajstić information content (AvgIpc) is 2.72. The molecule has 0 spiro atoms. The lowest BCUT2D eigenvalue weighted by Gasteiger charge is -2.60. The van der Waals surface area contributed by atoms with Crippen molar-refractivity contribution in [2.24, 2.45) is 17.3 Å². The quantitative estimate of drug-likeness (QED) is 0.686. The van der Waals surface area contributed by atoms with Crippen molar-refractivity contribution in [1.82, 2.24) is 10.2 Å². The summed E-state index contributed by atoms with van der Waals surface area (Å²) in [6.07, 6.45) is 2.79. The highest BCUT2D eigenvalue weighted by molar-refractivity contribution is 9.10. The maximum atomic E-state index is 12.6. The van der Waals surface area contributed by atoms with E-state index in [2.05, 4.69) is 21.2 Å². The van der Waals surface area contributed by atoms with Crippen LogP contribution in [0.3, 0.4) is 0 Å².